The Balaban J connectivity index is 1.30. The number of benzene rings is 4. The number of rotatable bonds is 13. The van der Waals surface area contributed by atoms with Crippen LogP contribution in [0.5, 0.6) is 17.2 Å². The quantitative estimate of drug-likeness (QED) is 0.0729. The Morgan fingerprint density at radius 1 is 0.878 bits per heavy atom. The molecule has 0 saturated heterocycles. The summed E-state index contributed by atoms with van der Waals surface area (Å²) in [5.74, 6) is 0.816. The first-order valence-electron chi connectivity index (χ1n) is 12.9. The van der Waals surface area contributed by atoms with Crippen molar-refractivity contribution in [2.75, 3.05) is 11.9 Å². The van der Waals surface area contributed by atoms with Crippen LogP contribution < -0.4 is 14.2 Å². The highest BCUT2D eigenvalue weighted by atomic mass is 79.9. The van der Waals surface area contributed by atoms with E-state index in [0.717, 1.165) is 23.7 Å². The zero-order chi connectivity index (χ0) is 28.6. The lowest BCUT2D eigenvalue weighted by Crippen LogP contribution is -2.03. The van der Waals surface area contributed by atoms with E-state index in [2.05, 4.69) is 26.2 Å². The maximum atomic E-state index is 15.6. The summed E-state index contributed by atoms with van der Waals surface area (Å²) in [5.41, 5.74) is 3.76. The van der Waals surface area contributed by atoms with Crippen LogP contribution in [-0.4, -0.2) is 28.5 Å². The molecule has 10 heteroatoms. The fourth-order valence-corrected chi connectivity index (χ4v) is 4.79. The van der Waals surface area contributed by atoms with Crippen molar-refractivity contribution >= 4 is 44.9 Å². The summed E-state index contributed by atoms with van der Waals surface area (Å²) in [4.78, 5) is 11.7. The molecule has 0 amide bonds. The third-order valence-corrected chi connectivity index (χ3v) is 7.16. The fourth-order valence-electron chi connectivity index (χ4n) is 4.17. The molecule has 210 valence electrons. The molecule has 0 N–H and O–H groups in total. The summed E-state index contributed by atoms with van der Waals surface area (Å²) in [6.45, 7) is 0.660. The van der Waals surface area contributed by atoms with E-state index in [-0.39, 0.29) is 35.3 Å². The Hall–Kier alpha value is -3.95. The molecule has 0 aliphatic rings. The van der Waals surface area contributed by atoms with Crippen LogP contribution in [-0.2, 0) is 13.2 Å². The third kappa shape index (κ3) is 7.04. The Morgan fingerprint density at radius 3 is 2.56 bits per heavy atom. The van der Waals surface area contributed by atoms with E-state index in [1.807, 2.05) is 30.3 Å². The molecule has 0 radical (unpaired) electrons. The average molecular weight is 640 g/mol. The Kier molecular flexibility index (Phi) is 9.48. The number of ether oxygens (including phenoxy) is 3. The summed E-state index contributed by atoms with van der Waals surface area (Å²) in [5, 5.41) is 8.74. The van der Waals surface area contributed by atoms with Crippen molar-refractivity contribution in [2.45, 2.75) is 26.1 Å². The molecular formula is C31H25BrClFN2O5. The van der Waals surface area contributed by atoms with Crippen molar-refractivity contribution in [2.24, 2.45) is 0 Å². The molecular weight excluding hydrogens is 615 g/mol. The van der Waals surface area contributed by atoms with Gasteiger partial charge in [-0.15, -0.1) is 0 Å². The predicted molar refractivity (Wildman–Crippen MR) is 158 cm³/mol. The van der Waals surface area contributed by atoms with Crippen LogP contribution in [0.25, 0.3) is 22.2 Å². The largest absolute Gasteiger partial charge is 0.494 e. The summed E-state index contributed by atoms with van der Waals surface area (Å²) in [6.07, 6.45) is 2.60. The van der Waals surface area contributed by atoms with Crippen molar-refractivity contribution in [3.8, 4) is 28.4 Å². The SMILES string of the molecule is O=Cc1cc(Cl)c(OCc2cccc(-c3cccc(OCCCCBr)c3)c2F)cc1OCc1ccc2nonc2c1. The van der Waals surface area contributed by atoms with Crippen molar-refractivity contribution in [3.63, 3.8) is 0 Å². The van der Waals surface area contributed by atoms with E-state index >= 15 is 4.39 Å². The fraction of sp³-hybridized carbons (Fsp3) is 0.194. The van der Waals surface area contributed by atoms with Gasteiger partial charge in [0.1, 0.15) is 47.3 Å². The van der Waals surface area contributed by atoms with Crippen molar-refractivity contribution < 1.29 is 28.0 Å². The lowest BCUT2D eigenvalue weighted by molar-refractivity contribution is 0.111. The number of hydrogen-bond donors (Lipinski definition) is 0. The summed E-state index contributed by atoms with van der Waals surface area (Å²) >= 11 is 9.80. The number of aromatic nitrogens is 2. The number of nitrogens with zero attached hydrogens (tertiary/aromatic N) is 2. The molecule has 4 aromatic carbocycles. The van der Waals surface area contributed by atoms with Crippen molar-refractivity contribution in [3.05, 3.63) is 100 Å². The van der Waals surface area contributed by atoms with Gasteiger partial charge in [-0.1, -0.05) is 63.9 Å². The number of carbonyl (C=O) groups excluding carboxylic acids is 1. The molecule has 0 fully saturated rings. The second kappa shape index (κ2) is 13.6. The minimum Gasteiger partial charge on any atom is -0.494 e. The lowest BCUT2D eigenvalue weighted by Gasteiger charge is -2.15. The first kappa shape index (κ1) is 28.6. The maximum absolute atomic E-state index is 15.6. The van der Waals surface area contributed by atoms with E-state index in [1.165, 1.54) is 12.1 Å². The minimum atomic E-state index is -0.404. The van der Waals surface area contributed by atoms with Crippen LogP contribution in [0, 0.1) is 5.82 Å². The van der Waals surface area contributed by atoms with E-state index < -0.39 is 5.82 Å². The molecule has 0 spiro atoms. The summed E-state index contributed by atoms with van der Waals surface area (Å²) in [7, 11) is 0. The van der Waals surface area contributed by atoms with E-state index in [4.69, 9.17) is 30.4 Å². The van der Waals surface area contributed by atoms with Crippen LogP contribution in [0.4, 0.5) is 4.39 Å². The normalized spacial score (nSPS) is 11.0. The molecule has 41 heavy (non-hydrogen) atoms. The standard InChI is InChI=1S/C31H25BrClFN2O5/c32-11-1-2-12-38-24-7-3-5-21(14-24)25-8-4-6-22(31(25)34)19-40-30-16-29(23(17-37)15-26(30)33)39-18-20-9-10-27-28(13-20)36-41-35-27/h3-10,13-17H,1-2,11-12,18-19H2. The molecule has 1 aromatic heterocycles. The van der Waals surface area contributed by atoms with Gasteiger partial charge in [-0.2, -0.15) is 0 Å². The molecule has 5 rings (SSSR count). The molecule has 0 bridgehead atoms. The highest BCUT2D eigenvalue weighted by Crippen LogP contribution is 2.34. The van der Waals surface area contributed by atoms with Gasteiger partial charge in [0.25, 0.3) is 0 Å². The smallest absolute Gasteiger partial charge is 0.153 e. The average Bonchev–Trinajstić information content (AvgIpc) is 3.47. The molecule has 0 atom stereocenters. The van der Waals surface area contributed by atoms with Crippen LogP contribution >= 0.6 is 27.5 Å². The number of halogens is 3. The lowest BCUT2D eigenvalue weighted by atomic mass is 10.0. The van der Waals surface area contributed by atoms with Crippen LogP contribution in [0.1, 0.15) is 34.3 Å². The van der Waals surface area contributed by atoms with E-state index in [9.17, 15) is 4.79 Å². The van der Waals surface area contributed by atoms with Gasteiger partial charge in [0.2, 0.25) is 0 Å². The first-order chi connectivity index (χ1) is 20.1. The van der Waals surface area contributed by atoms with Gasteiger partial charge in [0, 0.05) is 22.5 Å². The van der Waals surface area contributed by atoms with Crippen molar-refractivity contribution in [1.82, 2.24) is 10.3 Å². The first-order valence-corrected chi connectivity index (χ1v) is 14.4. The monoisotopic (exact) mass is 638 g/mol. The molecule has 1 heterocycles. The van der Waals surface area contributed by atoms with E-state index in [0.29, 0.717) is 46.4 Å². The zero-order valence-corrected chi connectivity index (χ0v) is 24.2. The van der Waals surface area contributed by atoms with Gasteiger partial charge in [-0.25, -0.2) is 9.02 Å². The van der Waals surface area contributed by atoms with Gasteiger partial charge >= 0.3 is 0 Å². The number of hydrogen-bond acceptors (Lipinski definition) is 7. The van der Waals surface area contributed by atoms with Gasteiger partial charge in [0.05, 0.1) is 17.2 Å². The van der Waals surface area contributed by atoms with Crippen LogP contribution in [0.3, 0.4) is 0 Å². The number of carbonyl (C=O) groups is 1. The van der Waals surface area contributed by atoms with Crippen LogP contribution in [0.2, 0.25) is 5.02 Å². The zero-order valence-electron chi connectivity index (χ0n) is 21.8. The second-order valence-electron chi connectivity index (χ2n) is 9.15. The Bertz CT molecular complexity index is 1660. The predicted octanol–water partition coefficient (Wildman–Crippen LogP) is 8.21. The number of fused-ring (bicyclic) bond motifs is 1. The highest BCUT2D eigenvalue weighted by Gasteiger charge is 2.15. The molecule has 0 unspecified atom stereocenters. The Morgan fingerprint density at radius 2 is 1.71 bits per heavy atom. The highest BCUT2D eigenvalue weighted by molar-refractivity contribution is 9.09. The second-order valence-corrected chi connectivity index (χ2v) is 10.4. The summed E-state index contributed by atoms with van der Waals surface area (Å²) in [6, 6.07) is 20.9. The summed E-state index contributed by atoms with van der Waals surface area (Å²) < 4.78 is 38.0. The topological polar surface area (TPSA) is 83.7 Å². The van der Waals surface area contributed by atoms with Crippen LogP contribution in [0.15, 0.2) is 77.4 Å². The van der Waals surface area contributed by atoms with Gasteiger partial charge in [-0.3, -0.25) is 4.79 Å². The van der Waals surface area contributed by atoms with Crippen molar-refractivity contribution in [1.29, 1.82) is 0 Å². The molecule has 0 saturated carbocycles. The van der Waals surface area contributed by atoms with Gasteiger partial charge in [-0.05, 0) is 64.6 Å². The van der Waals surface area contributed by atoms with E-state index in [1.54, 1.807) is 30.3 Å². The minimum absolute atomic E-state index is 0.0855. The molecule has 0 aliphatic heterocycles. The molecule has 0 aliphatic carbocycles. The third-order valence-electron chi connectivity index (χ3n) is 6.31. The number of aldehydes is 1. The van der Waals surface area contributed by atoms with Gasteiger partial charge < -0.3 is 14.2 Å². The molecule has 5 aromatic rings. The Labute approximate surface area is 249 Å². The number of unbranched alkanes of at least 4 members (excludes halogenated alkanes) is 1. The number of alkyl halides is 1. The molecule has 7 nitrogen and oxygen atoms in total. The van der Waals surface area contributed by atoms with Gasteiger partial charge in [0.15, 0.2) is 6.29 Å². The maximum Gasteiger partial charge on any atom is 0.153 e.